The van der Waals surface area contributed by atoms with Crippen molar-refractivity contribution < 1.29 is 9.53 Å². The van der Waals surface area contributed by atoms with Gasteiger partial charge in [-0.25, -0.2) is 0 Å². The standard InChI is InChI=1S/C10H15BrO2/c1-3-13-9(12)10(11)6-4-8(2)5-7-10/h2-7H2,1H3. The van der Waals surface area contributed by atoms with Crippen LogP contribution in [0.25, 0.3) is 0 Å². The molecule has 0 amide bonds. The molecule has 1 fully saturated rings. The first-order valence-corrected chi connectivity index (χ1v) is 5.40. The van der Waals surface area contributed by atoms with Crippen molar-refractivity contribution >= 4 is 21.9 Å². The van der Waals surface area contributed by atoms with Gasteiger partial charge in [0, 0.05) is 0 Å². The zero-order chi connectivity index (χ0) is 9.90. The highest BCUT2D eigenvalue weighted by Crippen LogP contribution is 2.38. The average Bonchev–Trinajstić information content (AvgIpc) is 2.11. The molecule has 0 aromatic rings. The molecule has 0 aliphatic heterocycles. The van der Waals surface area contributed by atoms with Crippen molar-refractivity contribution in [3.05, 3.63) is 12.2 Å². The van der Waals surface area contributed by atoms with Gasteiger partial charge in [0.2, 0.25) is 0 Å². The fraction of sp³-hybridized carbons (Fsp3) is 0.700. The predicted octanol–water partition coefficient (Wildman–Crippen LogP) is 2.81. The lowest BCUT2D eigenvalue weighted by Crippen LogP contribution is -2.36. The van der Waals surface area contributed by atoms with Gasteiger partial charge in [-0.2, -0.15) is 0 Å². The summed E-state index contributed by atoms with van der Waals surface area (Å²) in [5.41, 5.74) is 1.24. The number of rotatable bonds is 2. The molecular formula is C10H15BrO2. The molecule has 0 N–H and O–H groups in total. The molecule has 2 nitrogen and oxygen atoms in total. The molecule has 0 aromatic carbocycles. The summed E-state index contributed by atoms with van der Waals surface area (Å²) in [7, 11) is 0. The van der Waals surface area contributed by atoms with Crippen molar-refractivity contribution in [2.45, 2.75) is 36.9 Å². The lowest BCUT2D eigenvalue weighted by molar-refractivity contribution is -0.146. The Morgan fingerprint density at radius 2 is 2.15 bits per heavy atom. The maximum absolute atomic E-state index is 11.5. The second-order valence-corrected chi connectivity index (χ2v) is 4.95. The summed E-state index contributed by atoms with van der Waals surface area (Å²) in [5.74, 6) is -0.123. The van der Waals surface area contributed by atoms with E-state index in [2.05, 4.69) is 22.5 Å². The maximum atomic E-state index is 11.5. The number of hydrogen-bond acceptors (Lipinski definition) is 2. The monoisotopic (exact) mass is 246 g/mol. The molecule has 0 bridgehead atoms. The maximum Gasteiger partial charge on any atom is 0.322 e. The number of halogens is 1. The molecule has 1 aliphatic rings. The average molecular weight is 247 g/mol. The van der Waals surface area contributed by atoms with Crippen molar-refractivity contribution in [3.63, 3.8) is 0 Å². The zero-order valence-corrected chi connectivity index (χ0v) is 9.52. The Bertz CT molecular complexity index is 213. The van der Waals surface area contributed by atoms with Crippen LogP contribution in [0.1, 0.15) is 32.6 Å². The lowest BCUT2D eigenvalue weighted by Gasteiger charge is -2.30. The largest absolute Gasteiger partial charge is 0.465 e. The summed E-state index contributed by atoms with van der Waals surface area (Å²) in [5, 5.41) is 0. The summed E-state index contributed by atoms with van der Waals surface area (Å²) >= 11 is 3.47. The highest BCUT2D eigenvalue weighted by Gasteiger charge is 2.38. The first-order chi connectivity index (χ1) is 6.08. The first-order valence-electron chi connectivity index (χ1n) is 4.61. The lowest BCUT2D eigenvalue weighted by atomic mass is 9.86. The molecule has 1 rings (SSSR count). The number of hydrogen-bond donors (Lipinski definition) is 0. The Kier molecular flexibility index (Phi) is 3.54. The fourth-order valence-electron chi connectivity index (χ4n) is 1.46. The van der Waals surface area contributed by atoms with E-state index < -0.39 is 4.32 Å². The number of ether oxygens (including phenoxy) is 1. The molecule has 0 atom stereocenters. The van der Waals surface area contributed by atoms with E-state index in [1.54, 1.807) is 0 Å². The van der Waals surface area contributed by atoms with E-state index in [1.165, 1.54) is 5.57 Å². The van der Waals surface area contributed by atoms with Crippen LogP contribution in [0.2, 0.25) is 0 Å². The highest BCUT2D eigenvalue weighted by molar-refractivity contribution is 9.10. The van der Waals surface area contributed by atoms with E-state index in [0.717, 1.165) is 25.7 Å². The molecule has 0 radical (unpaired) electrons. The normalized spacial score (nSPS) is 21.2. The molecule has 0 spiro atoms. The van der Waals surface area contributed by atoms with Crippen LogP contribution in [-0.2, 0) is 9.53 Å². The number of alkyl halides is 1. The van der Waals surface area contributed by atoms with E-state index in [4.69, 9.17) is 4.74 Å². The van der Waals surface area contributed by atoms with Crippen molar-refractivity contribution in [3.8, 4) is 0 Å². The van der Waals surface area contributed by atoms with Crippen LogP contribution in [0.5, 0.6) is 0 Å². The van der Waals surface area contributed by atoms with Crippen LogP contribution in [0, 0.1) is 0 Å². The van der Waals surface area contributed by atoms with Crippen LogP contribution in [0.15, 0.2) is 12.2 Å². The number of carbonyl (C=O) groups is 1. The predicted molar refractivity (Wildman–Crippen MR) is 55.9 cm³/mol. The molecule has 0 saturated heterocycles. The summed E-state index contributed by atoms with van der Waals surface area (Å²) in [6.45, 7) is 6.19. The van der Waals surface area contributed by atoms with Crippen molar-refractivity contribution in [2.75, 3.05) is 6.61 Å². The van der Waals surface area contributed by atoms with E-state index in [1.807, 2.05) is 6.92 Å². The van der Waals surface area contributed by atoms with Gasteiger partial charge in [-0.15, -0.1) is 0 Å². The van der Waals surface area contributed by atoms with Crippen molar-refractivity contribution in [1.29, 1.82) is 0 Å². The first kappa shape index (κ1) is 10.8. The molecule has 74 valence electrons. The van der Waals surface area contributed by atoms with Gasteiger partial charge in [-0.05, 0) is 32.6 Å². The third-order valence-corrected chi connectivity index (χ3v) is 3.51. The highest BCUT2D eigenvalue weighted by atomic mass is 79.9. The zero-order valence-electron chi connectivity index (χ0n) is 7.94. The smallest absolute Gasteiger partial charge is 0.322 e. The van der Waals surface area contributed by atoms with E-state index in [9.17, 15) is 4.79 Å². The third kappa shape index (κ3) is 2.56. The van der Waals surface area contributed by atoms with Crippen LogP contribution < -0.4 is 0 Å². The molecule has 0 unspecified atom stereocenters. The Morgan fingerprint density at radius 1 is 1.62 bits per heavy atom. The van der Waals surface area contributed by atoms with Gasteiger partial charge < -0.3 is 4.74 Å². The van der Waals surface area contributed by atoms with Crippen LogP contribution in [-0.4, -0.2) is 16.9 Å². The molecule has 0 aromatic heterocycles. The molecular weight excluding hydrogens is 232 g/mol. The molecule has 0 heterocycles. The minimum absolute atomic E-state index is 0.123. The summed E-state index contributed by atoms with van der Waals surface area (Å²) < 4.78 is 4.56. The number of esters is 1. The number of allylic oxidation sites excluding steroid dienone is 1. The van der Waals surface area contributed by atoms with Crippen molar-refractivity contribution in [2.24, 2.45) is 0 Å². The molecule has 3 heteroatoms. The van der Waals surface area contributed by atoms with Gasteiger partial charge in [0.25, 0.3) is 0 Å². The van der Waals surface area contributed by atoms with Gasteiger partial charge in [0.1, 0.15) is 4.32 Å². The number of carbonyl (C=O) groups excluding carboxylic acids is 1. The molecule has 1 aliphatic carbocycles. The van der Waals surface area contributed by atoms with Gasteiger partial charge >= 0.3 is 5.97 Å². The summed E-state index contributed by atoms with van der Waals surface area (Å²) in [4.78, 5) is 11.5. The van der Waals surface area contributed by atoms with Gasteiger partial charge in [0.15, 0.2) is 0 Å². The van der Waals surface area contributed by atoms with E-state index in [-0.39, 0.29) is 5.97 Å². The Hall–Kier alpha value is -0.310. The second kappa shape index (κ2) is 4.27. The SMILES string of the molecule is C=C1CCC(Br)(C(=O)OCC)CC1. The van der Waals surface area contributed by atoms with Crippen LogP contribution in [0.4, 0.5) is 0 Å². The van der Waals surface area contributed by atoms with Gasteiger partial charge in [-0.1, -0.05) is 28.1 Å². The van der Waals surface area contributed by atoms with Gasteiger partial charge in [-0.3, -0.25) is 4.79 Å². The van der Waals surface area contributed by atoms with E-state index >= 15 is 0 Å². The summed E-state index contributed by atoms with van der Waals surface area (Å²) in [6, 6.07) is 0. The quantitative estimate of drug-likeness (QED) is 0.426. The Labute approximate surface area is 87.5 Å². The topological polar surface area (TPSA) is 26.3 Å². The second-order valence-electron chi connectivity index (χ2n) is 3.44. The minimum Gasteiger partial charge on any atom is -0.465 e. The fourth-order valence-corrected chi connectivity index (χ4v) is 1.98. The Balaban J connectivity index is 2.56. The third-order valence-electron chi connectivity index (χ3n) is 2.39. The minimum atomic E-state index is -0.440. The van der Waals surface area contributed by atoms with Crippen LogP contribution >= 0.6 is 15.9 Å². The summed E-state index contributed by atoms with van der Waals surface area (Å²) in [6.07, 6.45) is 3.46. The van der Waals surface area contributed by atoms with Gasteiger partial charge in [0.05, 0.1) is 6.61 Å². The van der Waals surface area contributed by atoms with Crippen molar-refractivity contribution in [1.82, 2.24) is 0 Å². The molecule has 1 saturated carbocycles. The molecule has 13 heavy (non-hydrogen) atoms. The Morgan fingerprint density at radius 3 is 2.62 bits per heavy atom. The van der Waals surface area contributed by atoms with E-state index in [0.29, 0.717) is 6.61 Å². The van der Waals surface area contributed by atoms with Crippen LogP contribution in [0.3, 0.4) is 0 Å².